The number of carbonyl (C=O) groups is 2. The SMILES string of the molecule is CC.C[C@]12C=CCC=C1CC[C@@H]1[C@@H]2C(=O)C[C@@]2(C)[C@H]1CC[C@]2(O)C(=O)CO. The van der Waals surface area contributed by atoms with E-state index in [4.69, 9.17) is 0 Å². The number of hydrogen-bond donors (Lipinski definition) is 2. The van der Waals surface area contributed by atoms with Crippen LogP contribution < -0.4 is 0 Å². The van der Waals surface area contributed by atoms with Crippen molar-refractivity contribution < 1.29 is 19.8 Å². The molecule has 0 saturated heterocycles. The van der Waals surface area contributed by atoms with E-state index in [0.29, 0.717) is 6.42 Å². The monoisotopic (exact) mass is 374 g/mol. The minimum Gasteiger partial charge on any atom is -0.388 e. The van der Waals surface area contributed by atoms with E-state index in [0.717, 1.165) is 25.7 Å². The molecule has 0 aromatic rings. The first-order valence-corrected chi connectivity index (χ1v) is 10.5. The second-order valence-corrected chi connectivity index (χ2v) is 8.98. The largest absolute Gasteiger partial charge is 0.388 e. The molecule has 4 rings (SSSR count). The summed E-state index contributed by atoms with van der Waals surface area (Å²) < 4.78 is 0. The van der Waals surface area contributed by atoms with E-state index < -0.39 is 23.4 Å². The van der Waals surface area contributed by atoms with Crippen LogP contribution in [-0.2, 0) is 9.59 Å². The first kappa shape index (κ1) is 20.5. The fourth-order valence-electron chi connectivity index (χ4n) is 6.76. The lowest BCUT2D eigenvalue weighted by Crippen LogP contribution is -2.60. The van der Waals surface area contributed by atoms with E-state index in [1.807, 2.05) is 20.8 Å². The molecule has 4 aliphatic rings. The summed E-state index contributed by atoms with van der Waals surface area (Å²) in [5.74, 6) is -0.0341. The Bertz CT molecular complexity index is 692. The smallest absolute Gasteiger partial charge is 0.190 e. The van der Waals surface area contributed by atoms with Crippen LogP contribution in [0.1, 0.15) is 66.2 Å². The highest BCUT2D eigenvalue weighted by Gasteiger charge is 2.68. The first-order chi connectivity index (χ1) is 12.8. The van der Waals surface area contributed by atoms with Gasteiger partial charge in [0.05, 0.1) is 0 Å². The molecule has 0 amide bonds. The summed E-state index contributed by atoms with van der Waals surface area (Å²) in [6.45, 7) is 7.43. The molecular formula is C23H34O4. The molecular weight excluding hydrogens is 340 g/mol. The van der Waals surface area contributed by atoms with E-state index in [1.54, 1.807) is 0 Å². The van der Waals surface area contributed by atoms with Crippen molar-refractivity contribution in [3.8, 4) is 0 Å². The summed E-state index contributed by atoms with van der Waals surface area (Å²) in [6.07, 6.45) is 10.9. The van der Waals surface area contributed by atoms with Crippen molar-refractivity contribution in [2.24, 2.45) is 28.6 Å². The molecule has 2 N–H and O–H groups in total. The Balaban J connectivity index is 0.00000102. The van der Waals surface area contributed by atoms with Gasteiger partial charge in [0.25, 0.3) is 0 Å². The average Bonchev–Trinajstić information content (AvgIpc) is 2.93. The summed E-state index contributed by atoms with van der Waals surface area (Å²) in [7, 11) is 0. The Kier molecular flexibility index (Phi) is 5.28. The number of aliphatic hydroxyl groups excluding tert-OH is 1. The maximum atomic E-state index is 13.3. The van der Waals surface area contributed by atoms with E-state index in [9.17, 15) is 19.8 Å². The van der Waals surface area contributed by atoms with Crippen LogP contribution in [0.4, 0.5) is 0 Å². The maximum Gasteiger partial charge on any atom is 0.190 e. The minimum atomic E-state index is -1.56. The zero-order valence-corrected chi connectivity index (χ0v) is 17.1. The molecule has 0 heterocycles. The standard InChI is InChI=1S/C21H28O4.C2H6/c1-19-9-4-3-5-13(19)6-7-14-15-8-10-21(25,17(24)12-22)20(15,2)11-16(23)18(14)19;1-2/h4-5,9,14-15,18,22,25H,3,6-8,10-12H2,1-2H3;1-2H3/t14-,15-,18+,19-,20-,21-;/m0./s1. The minimum absolute atomic E-state index is 0.0475. The van der Waals surface area contributed by atoms with Crippen molar-refractivity contribution >= 4 is 11.6 Å². The Hall–Kier alpha value is -1.26. The lowest BCUT2D eigenvalue weighted by Gasteiger charge is -2.56. The quantitative estimate of drug-likeness (QED) is 0.724. The predicted octanol–water partition coefficient (Wildman–Crippen LogP) is 3.61. The molecule has 3 fully saturated rings. The third kappa shape index (κ3) is 2.63. The number of ketones is 2. The Morgan fingerprint density at radius 2 is 1.96 bits per heavy atom. The highest BCUT2D eigenvalue weighted by Crippen LogP contribution is 2.66. The third-order valence-corrected chi connectivity index (χ3v) is 8.07. The summed E-state index contributed by atoms with van der Waals surface area (Å²) in [6, 6.07) is 0. The van der Waals surface area contributed by atoms with E-state index in [1.165, 1.54) is 5.57 Å². The Morgan fingerprint density at radius 3 is 2.63 bits per heavy atom. The molecule has 0 radical (unpaired) electrons. The van der Waals surface area contributed by atoms with Gasteiger partial charge in [0.15, 0.2) is 5.78 Å². The van der Waals surface area contributed by atoms with Crippen LogP contribution in [0.5, 0.6) is 0 Å². The van der Waals surface area contributed by atoms with Crippen LogP contribution in [0.2, 0.25) is 0 Å². The summed E-state index contributed by atoms with van der Waals surface area (Å²) >= 11 is 0. The van der Waals surface area contributed by atoms with Gasteiger partial charge in [-0.3, -0.25) is 9.59 Å². The van der Waals surface area contributed by atoms with Gasteiger partial charge in [-0.1, -0.05) is 51.5 Å². The van der Waals surface area contributed by atoms with Gasteiger partial charge in [0.1, 0.15) is 18.0 Å². The molecule has 3 saturated carbocycles. The molecule has 0 aliphatic heterocycles. The van der Waals surface area contributed by atoms with Gasteiger partial charge in [0, 0.05) is 23.2 Å². The predicted molar refractivity (Wildman–Crippen MR) is 105 cm³/mol. The van der Waals surface area contributed by atoms with E-state index in [-0.39, 0.29) is 35.4 Å². The lowest BCUT2D eigenvalue weighted by atomic mass is 9.46. The van der Waals surface area contributed by atoms with Crippen molar-refractivity contribution in [1.82, 2.24) is 0 Å². The van der Waals surface area contributed by atoms with Crippen LogP contribution in [-0.4, -0.2) is 34.0 Å². The normalized spacial score (nSPS) is 45.0. The Labute approximate surface area is 162 Å². The van der Waals surface area contributed by atoms with Gasteiger partial charge in [-0.05, 0) is 43.9 Å². The zero-order chi connectivity index (χ0) is 20.0. The van der Waals surface area contributed by atoms with Crippen LogP contribution in [0.25, 0.3) is 0 Å². The molecule has 0 bridgehead atoms. The molecule has 4 aliphatic carbocycles. The van der Waals surface area contributed by atoms with E-state index in [2.05, 4.69) is 25.2 Å². The number of fused-ring (bicyclic) bond motifs is 5. The Morgan fingerprint density at radius 1 is 1.26 bits per heavy atom. The molecule has 27 heavy (non-hydrogen) atoms. The van der Waals surface area contributed by atoms with Gasteiger partial charge in [-0.2, -0.15) is 0 Å². The lowest BCUT2D eigenvalue weighted by molar-refractivity contribution is -0.168. The molecule has 6 atom stereocenters. The van der Waals surface area contributed by atoms with Gasteiger partial charge >= 0.3 is 0 Å². The van der Waals surface area contributed by atoms with Crippen molar-refractivity contribution in [2.75, 3.05) is 6.61 Å². The van der Waals surface area contributed by atoms with Crippen molar-refractivity contribution in [3.05, 3.63) is 23.8 Å². The van der Waals surface area contributed by atoms with E-state index >= 15 is 0 Å². The molecule has 0 unspecified atom stereocenters. The number of Topliss-reactive ketones (excluding diaryl/α,β-unsaturated/α-hetero) is 2. The number of aliphatic hydroxyl groups is 2. The zero-order valence-electron chi connectivity index (χ0n) is 17.1. The number of allylic oxidation sites excluding steroid dienone is 4. The van der Waals surface area contributed by atoms with Crippen LogP contribution >= 0.6 is 0 Å². The van der Waals surface area contributed by atoms with Crippen LogP contribution in [0.3, 0.4) is 0 Å². The second kappa shape index (κ2) is 6.97. The second-order valence-electron chi connectivity index (χ2n) is 8.98. The molecule has 0 aromatic carbocycles. The molecule has 0 aromatic heterocycles. The van der Waals surface area contributed by atoms with Gasteiger partial charge in [0.2, 0.25) is 0 Å². The highest BCUT2D eigenvalue weighted by molar-refractivity contribution is 5.92. The van der Waals surface area contributed by atoms with Gasteiger partial charge in [-0.15, -0.1) is 0 Å². The number of hydrogen-bond acceptors (Lipinski definition) is 4. The van der Waals surface area contributed by atoms with Gasteiger partial charge in [-0.25, -0.2) is 0 Å². The third-order valence-electron chi connectivity index (χ3n) is 8.07. The van der Waals surface area contributed by atoms with Crippen molar-refractivity contribution in [3.63, 3.8) is 0 Å². The van der Waals surface area contributed by atoms with Crippen molar-refractivity contribution in [1.29, 1.82) is 0 Å². The number of rotatable bonds is 2. The topological polar surface area (TPSA) is 74.6 Å². The average molecular weight is 375 g/mol. The summed E-state index contributed by atoms with van der Waals surface area (Å²) in [5, 5.41) is 20.5. The fourth-order valence-corrected chi connectivity index (χ4v) is 6.76. The maximum absolute atomic E-state index is 13.3. The molecule has 150 valence electrons. The summed E-state index contributed by atoms with van der Waals surface area (Å²) in [4.78, 5) is 25.6. The molecule has 0 spiro atoms. The molecule has 4 nitrogen and oxygen atoms in total. The first-order valence-electron chi connectivity index (χ1n) is 10.5. The van der Waals surface area contributed by atoms with Crippen LogP contribution in [0, 0.1) is 28.6 Å². The number of carbonyl (C=O) groups excluding carboxylic acids is 2. The highest BCUT2D eigenvalue weighted by atomic mass is 16.3. The molecule has 4 heteroatoms. The van der Waals surface area contributed by atoms with Crippen LogP contribution in [0.15, 0.2) is 23.8 Å². The summed E-state index contributed by atoms with van der Waals surface area (Å²) in [5.41, 5.74) is -1.14. The fraction of sp³-hybridized carbons (Fsp3) is 0.739. The van der Waals surface area contributed by atoms with Crippen molar-refractivity contribution in [2.45, 2.75) is 71.8 Å². The van der Waals surface area contributed by atoms with Gasteiger partial charge < -0.3 is 10.2 Å².